The average molecular weight is 424 g/mol. The monoisotopic (exact) mass is 424 g/mol. The quantitative estimate of drug-likeness (QED) is 0.249. The number of benzene rings is 4. The zero-order chi connectivity index (χ0) is 20.9. The summed E-state index contributed by atoms with van der Waals surface area (Å²) in [6.45, 7) is 2.61. The molecule has 0 aliphatic rings. The highest BCUT2D eigenvalue weighted by Crippen LogP contribution is 2.31. The summed E-state index contributed by atoms with van der Waals surface area (Å²) in [6, 6.07) is 35.2. The SMILES string of the molecule is CSc1ccccc1-c1ccccc1B(C)c1ccccc1-c1ccccc1SC. The Labute approximate surface area is 189 Å². The average Bonchev–Trinajstić information content (AvgIpc) is 2.83. The van der Waals surface area contributed by atoms with Crippen LogP contribution < -0.4 is 10.9 Å². The molecule has 0 saturated heterocycles. The lowest BCUT2D eigenvalue weighted by Gasteiger charge is -2.20. The van der Waals surface area contributed by atoms with Gasteiger partial charge in [-0.3, -0.25) is 0 Å². The first-order valence-corrected chi connectivity index (χ1v) is 12.6. The summed E-state index contributed by atoms with van der Waals surface area (Å²) >= 11 is 3.62. The van der Waals surface area contributed by atoms with Crippen LogP contribution in [0.1, 0.15) is 0 Å². The van der Waals surface area contributed by atoms with Crippen molar-refractivity contribution < 1.29 is 0 Å². The van der Waals surface area contributed by atoms with Gasteiger partial charge < -0.3 is 0 Å². The van der Waals surface area contributed by atoms with Gasteiger partial charge in [0.1, 0.15) is 0 Å². The highest BCUT2D eigenvalue weighted by atomic mass is 32.2. The standard InChI is InChI=1S/C27H25BS2/c1-28(24-16-8-4-12-20(24)22-14-6-10-18-26(22)29-2)25-17-9-5-13-21(25)23-15-7-11-19-27(23)30-3/h4-19H,1-3H3. The van der Waals surface area contributed by atoms with Crippen LogP contribution in [0.3, 0.4) is 0 Å². The van der Waals surface area contributed by atoms with E-state index in [2.05, 4.69) is 116 Å². The van der Waals surface area contributed by atoms with Crippen LogP contribution >= 0.6 is 23.5 Å². The first-order valence-electron chi connectivity index (χ1n) is 10.2. The molecule has 0 amide bonds. The molecule has 0 bridgehead atoms. The molecule has 148 valence electrons. The molecule has 0 nitrogen and oxygen atoms in total. The van der Waals surface area contributed by atoms with Crippen molar-refractivity contribution in [2.24, 2.45) is 0 Å². The van der Waals surface area contributed by atoms with Crippen molar-refractivity contribution in [3.05, 3.63) is 97.1 Å². The fourth-order valence-corrected chi connectivity index (χ4v) is 5.37. The van der Waals surface area contributed by atoms with E-state index in [-0.39, 0.29) is 6.71 Å². The first-order chi connectivity index (χ1) is 14.7. The van der Waals surface area contributed by atoms with Gasteiger partial charge in [-0.1, -0.05) is 103 Å². The van der Waals surface area contributed by atoms with Crippen LogP contribution in [0.15, 0.2) is 107 Å². The van der Waals surface area contributed by atoms with Crippen molar-refractivity contribution >= 4 is 41.2 Å². The van der Waals surface area contributed by atoms with Gasteiger partial charge in [-0.15, -0.1) is 23.5 Å². The van der Waals surface area contributed by atoms with Crippen LogP contribution in [0.4, 0.5) is 0 Å². The molecular weight excluding hydrogens is 399 g/mol. The summed E-state index contributed by atoms with van der Waals surface area (Å²) in [5.74, 6) is 0. The van der Waals surface area contributed by atoms with E-state index < -0.39 is 0 Å². The minimum Gasteiger partial charge on any atom is -0.129 e. The van der Waals surface area contributed by atoms with Crippen LogP contribution in [0.5, 0.6) is 0 Å². The molecule has 4 aromatic carbocycles. The Hall–Kier alpha value is -2.36. The Morgan fingerprint density at radius 1 is 0.467 bits per heavy atom. The topological polar surface area (TPSA) is 0 Å². The van der Waals surface area contributed by atoms with Crippen molar-refractivity contribution in [1.82, 2.24) is 0 Å². The van der Waals surface area contributed by atoms with Crippen molar-refractivity contribution in [3.8, 4) is 22.3 Å². The predicted octanol–water partition coefficient (Wildman–Crippen LogP) is 6.70. The third-order valence-corrected chi connectivity index (χ3v) is 7.24. The minimum atomic E-state index is 0.280. The van der Waals surface area contributed by atoms with E-state index >= 15 is 0 Å². The molecule has 0 heterocycles. The van der Waals surface area contributed by atoms with Crippen LogP contribution in [0.2, 0.25) is 6.82 Å². The molecule has 0 unspecified atom stereocenters. The second-order valence-corrected chi connectivity index (χ2v) is 8.99. The predicted molar refractivity (Wildman–Crippen MR) is 138 cm³/mol. The number of hydrogen-bond donors (Lipinski definition) is 0. The van der Waals surface area contributed by atoms with Crippen LogP contribution in [0, 0.1) is 0 Å². The Morgan fingerprint density at radius 2 is 0.800 bits per heavy atom. The van der Waals surface area contributed by atoms with Crippen LogP contribution in [-0.4, -0.2) is 19.2 Å². The minimum absolute atomic E-state index is 0.280. The van der Waals surface area contributed by atoms with E-state index in [1.807, 2.05) is 23.5 Å². The lowest BCUT2D eigenvalue weighted by Crippen LogP contribution is -2.41. The number of thioether (sulfide) groups is 2. The molecule has 30 heavy (non-hydrogen) atoms. The second-order valence-electron chi connectivity index (χ2n) is 7.30. The van der Waals surface area contributed by atoms with Gasteiger partial charge in [0.25, 0.3) is 0 Å². The summed E-state index contributed by atoms with van der Waals surface area (Å²) in [5.41, 5.74) is 8.01. The Balaban J connectivity index is 1.86. The number of rotatable bonds is 6. The fraction of sp³-hybridized carbons (Fsp3) is 0.111. The lowest BCUT2D eigenvalue weighted by atomic mass is 9.40. The third kappa shape index (κ3) is 4.10. The van der Waals surface area contributed by atoms with Gasteiger partial charge in [0, 0.05) is 9.79 Å². The Morgan fingerprint density at radius 3 is 1.20 bits per heavy atom. The lowest BCUT2D eigenvalue weighted by molar-refractivity contribution is 1.45. The second kappa shape index (κ2) is 9.64. The van der Waals surface area contributed by atoms with E-state index in [0.717, 1.165) is 0 Å². The van der Waals surface area contributed by atoms with Crippen molar-refractivity contribution in [2.75, 3.05) is 12.5 Å². The summed E-state index contributed by atoms with van der Waals surface area (Å²) in [5, 5.41) is 0. The third-order valence-electron chi connectivity index (χ3n) is 5.65. The smallest absolute Gasteiger partial charge is 0.129 e. The van der Waals surface area contributed by atoms with Gasteiger partial charge in [-0.05, 0) is 46.9 Å². The van der Waals surface area contributed by atoms with Gasteiger partial charge in [0.2, 0.25) is 6.71 Å². The molecule has 0 saturated carbocycles. The largest absolute Gasteiger partial charge is 0.207 e. The molecule has 4 rings (SSSR count). The maximum absolute atomic E-state index is 2.33. The van der Waals surface area contributed by atoms with Crippen molar-refractivity contribution in [1.29, 1.82) is 0 Å². The molecule has 4 aromatic rings. The summed E-state index contributed by atoms with van der Waals surface area (Å²) in [7, 11) is 0. The molecule has 0 fully saturated rings. The summed E-state index contributed by atoms with van der Waals surface area (Å²) < 4.78 is 0. The number of hydrogen-bond acceptors (Lipinski definition) is 2. The molecule has 0 aromatic heterocycles. The maximum Gasteiger partial charge on any atom is 0.207 e. The van der Waals surface area contributed by atoms with Gasteiger partial charge in [0.15, 0.2) is 0 Å². The molecule has 0 aliphatic carbocycles. The normalized spacial score (nSPS) is 10.8. The molecule has 0 radical (unpaired) electrons. The molecule has 3 heteroatoms. The van der Waals surface area contributed by atoms with Crippen molar-refractivity contribution in [2.45, 2.75) is 16.6 Å². The first kappa shape index (κ1) is 20.9. The molecule has 0 spiro atoms. The van der Waals surface area contributed by atoms with Gasteiger partial charge >= 0.3 is 0 Å². The van der Waals surface area contributed by atoms with E-state index in [1.165, 1.54) is 43.0 Å². The van der Waals surface area contributed by atoms with Gasteiger partial charge in [0.05, 0.1) is 0 Å². The molecule has 0 atom stereocenters. The zero-order valence-corrected chi connectivity index (χ0v) is 19.3. The zero-order valence-electron chi connectivity index (χ0n) is 17.6. The highest BCUT2D eigenvalue weighted by Gasteiger charge is 2.22. The van der Waals surface area contributed by atoms with Crippen LogP contribution in [0.25, 0.3) is 22.3 Å². The molecule has 0 N–H and O–H groups in total. The molecular formula is C27H25BS2. The van der Waals surface area contributed by atoms with E-state index in [4.69, 9.17) is 0 Å². The van der Waals surface area contributed by atoms with E-state index in [9.17, 15) is 0 Å². The summed E-state index contributed by atoms with van der Waals surface area (Å²) in [6.07, 6.45) is 4.30. The van der Waals surface area contributed by atoms with Gasteiger partial charge in [-0.2, -0.15) is 0 Å². The van der Waals surface area contributed by atoms with Gasteiger partial charge in [-0.25, -0.2) is 0 Å². The Kier molecular flexibility index (Phi) is 6.71. The maximum atomic E-state index is 2.33. The molecule has 0 aliphatic heterocycles. The van der Waals surface area contributed by atoms with Crippen molar-refractivity contribution in [3.63, 3.8) is 0 Å². The Bertz CT molecular complexity index is 1060. The van der Waals surface area contributed by atoms with E-state index in [0.29, 0.717) is 0 Å². The summed E-state index contributed by atoms with van der Waals surface area (Å²) in [4.78, 5) is 2.64. The van der Waals surface area contributed by atoms with Crippen LogP contribution in [-0.2, 0) is 0 Å². The highest BCUT2D eigenvalue weighted by molar-refractivity contribution is 7.99. The van der Waals surface area contributed by atoms with E-state index in [1.54, 1.807) is 0 Å². The fourth-order valence-electron chi connectivity index (χ4n) is 4.14.